The second-order valence-corrected chi connectivity index (χ2v) is 4.51. The summed E-state index contributed by atoms with van der Waals surface area (Å²) in [6, 6.07) is -0.435. The number of nitrogens with zero attached hydrogens (tertiary/aromatic N) is 1. The third-order valence-corrected chi connectivity index (χ3v) is 3.04. The van der Waals surface area contributed by atoms with E-state index in [2.05, 4.69) is 4.90 Å². The van der Waals surface area contributed by atoms with Crippen molar-refractivity contribution in [2.45, 2.75) is 44.6 Å². The first-order chi connectivity index (χ1) is 8.37. The number of carbonyl (C=O) groups is 1. The number of piperidine rings is 1. The number of halogens is 4. The SMILES string of the molecule is CCCN1CCC(NC(=O)C(F)(F)C(F)F)CC1. The highest BCUT2D eigenvalue weighted by atomic mass is 19.3. The quantitative estimate of drug-likeness (QED) is 0.774. The van der Waals surface area contributed by atoms with E-state index in [4.69, 9.17) is 0 Å². The van der Waals surface area contributed by atoms with Gasteiger partial charge in [0.2, 0.25) is 0 Å². The fourth-order valence-corrected chi connectivity index (χ4v) is 2.00. The number of carbonyl (C=O) groups excluding carboxylic acids is 1. The molecule has 0 spiro atoms. The summed E-state index contributed by atoms with van der Waals surface area (Å²) >= 11 is 0. The topological polar surface area (TPSA) is 32.3 Å². The third-order valence-electron chi connectivity index (χ3n) is 3.04. The Morgan fingerprint density at radius 2 is 1.94 bits per heavy atom. The Hall–Kier alpha value is -0.850. The van der Waals surface area contributed by atoms with E-state index >= 15 is 0 Å². The Morgan fingerprint density at radius 3 is 2.39 bits per heavy atom. The van der Waals surface area contributed by atoms with E-state index in [-0.39, 0.29) is 0 Å². The first-order valence-corrected chi connectivity index (χ1v) is 6.07. The van der Waals surface area contributed by atoms with Crippen molar-refractivity contribution in [3.63, 3.8) is 0 Å². The van der Waals surface area contributed by atoms with Crippen molar-refractivity contribution in [3.05, 3.63) is 0 Å². The zero-order chi connectivity index (χ0) is 13.8. The van der Waals surface area contributed by atoms with E-state index in [0.717, 1.165) is 13.0 Å². The van der Waals surface area contributed by atoms with E-state index in [1.54, 1.807) is 0 Å². The molecule has 1 aliphatic heterocycles. The minimum Gasteiger partial charge on any atom is -0.348 e. The minimum atomic E-state index is -4.60. The molecule has 1 heterocycles. The third kappa shape index (κ3) is 3.83. The maximum absolute atomic E-state index is 12.7. The van der Waals surface area contributed by atoms with Crippen molar-refractivity contribution >= 4 is 5.91 Å². The van der Waals surface area contributed by atoms with Crippen molar-refractivity contribution < 1.29 is 22.4 Å². The number of hydrogen-bond acceptors (Lipinski definition) is 2. The smallest absolute Gasteiger partial charge is 0.348 e. The number of alkyl halides is 4. The largest absolute Gasteiger partial charge is 0.383 e. The van der Waals surface area contributed by atoms with Crippen molar-refractivity contribution in [3.8, 4) is 0 Å². The number of amides is 1. The van der Waals surface area contributed by atoms with Crippen LogP contribution in [-0.4, -0.2) is 48.8 Å². The Bertz CT molecular complexity index is 278. The van der Waals surface area contributed by atoms with Gasteiger partial charge in [0.25, 0.3) is 5.91 Å². The predicted molar refractivity (Wildman–Crippen MR) is 58.8 cm³/mol. The molecule has 7 heteroatoms. The van der Waals surface area contributed by atoms with Crippen molar-refractivity contribution in [1.82, 2.24) is 10.2 Å². The second-order valence-electron chi connectivity index (χ2n) is 4.51. The molecule has 1 fully saturated rings. The first kappa shape index (κ1) is 15.2. The van der Waals surface area contributed by atoms with Crippen molar-refractivity contribution in [2.75, 3.05) is 19.6 Å². The fourth-order valence-electron chi connectivity index (χ4n) is 2.00. The lowest BCUT2D eigenvalue weighted by atomic mass is 10.0. The van der Waals surface area contributed by atoms with Gasteiger partial charge in [0.05, 0.1) is 0 Å². The van der Waals surface area contributed by atoms with Crippen LogP contribution in [0.5, 0.6) is 0 Å². The zero-order valence-corrected chi connectivity index (χ0v) is 10.3. The monoisotopic (exact) mass is 270 g/mol. The summed E-state index contributed by atoms with van der Waals surface area (Å²) in [5.41, 5.74) is 0. The highest BCUT2D eigenvalue weighted by molar-refractivity contribution is 5.84. The Kier molecular flexibility index (Phi) is 5.37. The molecule has 0 aromatic carbocycles. The van der Waals surface area contributed by atoms with Crippen LogP contribution in [-0.2, 0) is 4.79 Å². The summed E-state index contributed by atoms with van der Waals surface area (Å²) in [5, 5.41) is 2.01. The average Bonchev–Trinajstić information content (AvgIpc) is 2.31. The summed E-state index contributed by atoms with van der Waals surface area (Å²) in [6.45, 7) is 4.35. The van der Waals surface area contributed by atoms with Crippen LogP contribution in [0, 0.1) is 0 Å². The minimum absolute atomic E-state index is 0.435. The van der Waals surface area contributed by atoms with Gasteiger partial charge in [0, 0.05) is 19.1 Å². The summed E-state index contributed by atoms with van der Waals surface area (Å²) in [6.07, 6.45) is -1.92. The molecule has 0 atom stereocenters. The highest BCUT2D eigenvalue weighted by Gasteiger charge is 2.49. The molecule has 0 radical (unpaired) electrons. The normalized spacial score (nSPS) is 19.2. The molecular weight excluding hydrogens is 252 g/mol. The zero-order valence-electron chi connectivity index (χ0n) is 10.3. The predicted octanol–water partition coefficient (Wildman–Crippen LogP) is 1.88. The van der Waals surface area contributed by atoms with Gasteiger partial charge in [-0.3, -0.25) is 4.79 Å². The van der Waals surface area contributed by atoms with Crippen molar-refractivity contribution in [2.24, 2.45) is 0 Å². The summed E-state index contributed by atoms with van der Waals surface area (Å²) in [5.74, 6) is -6.47. The molecule has 0 bridgehead atoms. The molecule has 1 rings (SSSR count). The lowest BCUT2D eigenvalue weighted by Crippen LogP contribution is -2.52. The van der Waals surface area contributed by atoms with E-state index in [9.17, 15) is 22.4 Å². The highest BCUT2D eigenvalue weighted by Crippen LogP contribution is 2.23. The molecule has 3 nitrogen and oxygen atoms in total. The lowest BCUT2D eigenvalue weighted by molar-refractivity contribution is -0.170. The van der Waals surface area contributed by atoms with Gasteiger partial charge in [-0.05, 0) is 25.8 Å². The van der Waals surface area contributed by atoms with Gasteiger partial charge in [0.1, 0.15) is 0 Å². The molecule has 0 aromatic rings. The molecule has 0 aromatic heterocycles. The van der Waals surface area contributed by atoms with Gasteiger partial charge >= 0.3 is 12.3 Å². The van der Waals surface area contributed by atoms with Crippen LogP contribution in [0.4, 0.5) is 17.6 Å². The van der Waals surface area contributed by atoms with Gasteiger partial charge in [-0.1, -0.05) is 6.92 Å². The number of nitrogens with one attached hydrogen (secondary N) is 1. The van der Waals surface area contributed by atoms with Gasteiger partial charge in [0.15, 0.2) is 0 Å². The number of likely N-dealkylation sites (tertiary alicyclic amines) is 1. The first-order valence-electron chi connectivity index (χ1n) is 6.07. The van der Waals surface area contributed by atoms with Crippen LogP contribution in [0.3, 0.4) is 0 Å². The lowest BCUT2D eigenvalue weighted by Gasteiger charge is -2.32. The summed E-state index contributed by atoms with van der Waals surface area (Å²) in [7, 11) is 0. The van der Waals surface area contributed by atoms with Crippen LogP contribution in [0.15, 0.2) is 0 Å². The second kappa shape index (κ2) is 6.36. The maximum atomic E-state index is 12.7. The Balaban J connectivity index is 2.39. The van der Waals surface area contributed by atoms with E-state index < -0.39 is 24.3 Å². The molecule has 0 aliphatic carbocycles. The average molecular weight is 270 g/mol. The van der Waals surface area contributed by atoms with E-state index in [0.29, 0.717) is 25.9 Å². The fraction of sp³-hybridized carbons (Fsp3) is 0.909. The van der Waals surface area contributed by atoms with Gasteiger partial charge < -0.3 is 10.2 Å². The van der Waals surface area contributed by atoms with Crippen LogP contribution in [0.25, 0.3) is 0 Å². The molecule has 1 aliphatic rings. The van der Waals surface area contributed by atoms with Crippen LogP contribution >= 0.6 is 0 Å². The Morgan fingerprint density at radius 1 is 1.39 bits per heavy atom. The van der Waals surface area contributed by atoms with Gasteiger partial charge in [-0.25, -0.2) is 8.78 Å². The maximum Gasteiger partial charge on any atom is 0.383 e. The van der Waals surface area contributed by atoms with Gasteiger partial charge in [-0.2, -0.15) is 8.78 Å². The molecular formula is C11H18F4N2O. The van der Waals surface area contributed by atoms with E-state index in [1.807, 2.05) is 12.2 Å². The van der Waals surface area contributed by atoms with Crippen LogP contribution in [0.2, 0.25) is 0 Å². The Labute approximate surface area is 104 Å². The molecule has 0 saturated carbocycles. The molecule has 18 heavy (non-hydrogen) atoms. The molecule has 1 saturated heterocycles. The van der Waals surface area contributed by atoms with E-state index in [1.165, 1.54) is 0 Å². The molecule has 106 valence electrons. The van der Waals surface area contributed by atoms with Gasteiger partial charge in [-0.15, -0.1) is 0 Å². The number of rotatable bonds is 5. The van der Waals surface area contributed by atoms with Crippen LogP contribution < -0.4 is 5.32 Å². The van der Waals surface area contributed by atoms with Crippen molar-refractivity contribution in [1.29, 1.82) is 0 Å². The van der Waals surface area contributed by atoms with Crippen LogP contribution in [0.1, 0.15) is 26.2 Å². The molecule has 0 unspecified atom stereocenters. The standard InChI is InChI=1S/C11H18F4N2O/c1-2-5-17-6-3-8(4-7-17)16-10(18)11(14,15)9(12)13/h8-9H,2-7H2,1H3,(H,16,18). The summed E-state index contributed by atoms with van der Waals surface area (Å²) < 4.78 is 49.4. The molecule has 1 N–H and O–H groups in total. The molecule has 1 amide bonds. The summed E-state index contributed by atoms with van der Waals surface area (Å²) in [4.78, 5) is 13.2. The number of hydrogen-bond donors (Lipinski definition) is 1.